The van der Waals surface area contributed by atoms with Crippen LogP contribution in [-0.4, -0.2) is 91.9 Å². The van der Waals surface area contributed by atoms with Crippen molar-refractivity contribution >= 4 is 34.2 Å². The lowest BCUT2D eigenvalue weighted by Crippen LogP contribution is -2.65. The molecule has 2 heterocycles. The van der Waals surface area contributed by atoms with Crippen molar-refractivity contribution in [3.05, 3.63) is 206 Å². The summed E-state index contributed by atoms with van der Waals surface area (Å²) in [6.07, 6.45) is -9.72. The second kappa shape index (κ2) is 26.2. The monoisotopic (exact) mass is 1070 g/mol. The van der Waals surface area contributed by atoms with Crippen LogP contribution in [0.5, 0.6) is 5.75 Å². The third-order valence-electron chi connectivity index (χ3n) is 12.0. The smallest absolute Gasteiger partial charge is 0.190 e. The van der Waals surface area contributed by atoms with Crippen molar-refractivity contribution in [3.63, 3.8) is 0 Å². The molecule has 14 heteroatoms. The zero-order valence-corrected chi connectivity index (χ0v) is 41.2. The molecule has 8 rings (SSSR count). The number of methoxy groups -OCH3 is 1. The van der Waals surface area contributed by atoms with Gasteiger partial charge in [0, 0.05) is 8.59 Å². The predicted octanol–water partition coefficient (Wildman–Crippen LogP) is 9.22. The Labute approximate surface area is 422 Å². The average Bonchev–Trinajstić information content (AvgIpc) is 3.39. The molecule has 2 fully saturated rings. The highest BCUT2D eigenvalue weighted by Crippen LogP contribution is 2.37. The fourth-order valence-electron chi connectivity index (χ4n) is 8.30. The van der Waals surface area contributed by atoms with Gasteiger partial charge in [0.05, 0.1) is 60.0 Å². The zero-order chi connectivity index (χ0) is 47.8. The molecule has 6 aromatic rings. The molecule has 0 aromatic heterocycles. The first-order valence-corrected chi connectivity index (χ1v) is 24.4. The highest BCUT2D eigenvalue weighted by molar-refractivity contribution is 14.1. The summed E-state index contributed by atoms with van der Waals surface area (Å²) >= 11 is 8.55. The molecule has 2 aliphatic rings. The number of halogens is 2. The molecule has 0 saturated carbocycles. The summed E-state index contributed by atoms with van der Waals surface area (Å²) in [5, 5.41) is 22.8. The number of aliphatic hydroxyl groups excluding tert-OH is 2. The van der Waals surface area contributed by atoms with Crippen LogP contribution in [0.25, 0.3) is 0 Å². The maximum atomic E-state index is 11.1. The summed E-state index contributed by atoms with van der Waals surface area (Å²) < 4.78 is 67.8. The molecule has 0 unspecified atom stereocenters. The molecule has 2 N–H and O–H groups in total. The Bertz CT molecular complexity index is 2380. The topological polar surface area (TPSA) is 133 Å². The minimum atomic E-state index is -1.25. The molecule has 2 aliphatic heterocycles. The van der Waals surface area contributed by atoms with Gasteiger partial charge in [-0.15, -0.1) is 0 Å². The molecule has 2 saturated heterocycles. The Morgan fingerprint density at radius 3 is 1.10 bits per heavy atom. The highest BCUT2D eigenvalue weighted by atomic mass is 127. The summed E-state index contributed by atoms with van der Waals surface area (Å²) in [6.45, 7) is 0.162. The van der Waals surface area contributed by atoms with E-state index in [9.17, 15) is 10.2 Å². The normalized spacial score (nSPS) is 24.8. The minimum Gasteiger partial charge on any atom is -0.497 e. The van der Waals surface area contributed by atoms with Crippen LogP contribution in [0.2, 0.25) is 5.02 Å². The van der Waals surface area contributed by atoms with Gasteiger partial charge in [0.1, 0.15) is 54.6 Å². The van der Waals surface area contributed by atoms with Crippen LogP contribution in [0.4, 0.5) is 0 Å². The quantitative estimate of drug-likeness (QED) is 0.0593. The standard InChI is InChI=1S/C55H58ClIO12/c1-60-45-27-21-42(22-28-45)36-66-52-50(63-33-39-15-9-4-10-16-39)48(61-31-37-11-5-2-6-12-37)46(29-58)67-54(52)69-55-53(65-35-41-19-25-44(57)26-20-41)51(64-34-40-17-23-43(56)24-18-40)49(47(30-59)68-55)62-32-38-13-7-3-8-14-38/h2-28,46-55,58-59H,29-36H2,1H3/t46-,47-,48-,49-,50+,51+,52-,53-,54-,55-/m1/s1. The average molecular weight is 1070 g/mol. The van der Waals surface area contributed by atoms with Gasteiger partial charge in [-0.25, -0.2) is 0 Å². The van der Waals surface area contributed by atoms with Crippen molar-refractivity contribution in [2.45, 2.75) is 101 Å². The molecule has 0 spiro atoms. The van der Waals surface area contributed by atoms with E-state index in [1.807, 2.05) is 152 Å². The number of aliphatic hydroxyl groups is 2. The Balaban J connectivity index is 1.16. The van der Waals surface area contributed by atoms with E-state index in [4.69, 9.17) is 59.0 Å². The molecular weight excluding hydrogens is 1010 g/mol. The number of hydrogen-bond donors (Lipinski definition) is 2. The van der Waals surface area contributed by atoms with Crippen molar-refractivity contribution < 1.29 is 57.6 Å². The molecule has 0 bridgehead atoms. The number of hydrogen-bond acceptors (Lipinski definition) is 12. The third kappa shape index (κ3) is 14.4. The molecule has 0 aliphatic carbocycles. The lowest BCUT2D eigenvalue weighted by atomic mass is 9.96. The van der Waals surface area contributed by atoms with Gasteiger partial charge in [0.2, 0.25) is 0 Å². The third-order valence-corrected chi connectivity index (χ3v) is 13.0. The minimum absolute atomic E-state index is 0.123. The lowest BCUT2D eigenvalue weighted by molar-refractivity contribution is -0.393. The van der Waals surface area contributed by atoms with E-state index in [0.29, 0.717) is 10.8 Å². The van der Waals surface area contributed by atoms with E-state index in [-0.39, 0.29) is 39.6 Å². The number of ether oxygens (including phenoxy) is 10. The Hall–Kier alpha value is -4.30. The molecule has 69 heavy (non-hydrogen) atoms. The molecule has 10 atom stereocenters. The van der Waals surface area contributed by atoms with Crippen LogP contribution in [0.15, 0.2) is 164 Å². The van der Waals surface area contributed by atoms with E-state index in [0.717, 1.165) is 37.0 Å². The van der Waals surface area contributed by atoms with Crippen molar-refractivity contribution in [1.29, 1.82) is 0 Å². The first-order chi connectivity index (χ1) is 33.9. The Kier molecular flexibility index (Phi) is 19.4. The van der Waals surface area contributed by atoms with Crippen LogP contribution in [-0.2, 0) is 82.3 Å². The van der Waals surface area contributed by atoms with Gasteiger partial charge in [0.25, 0.3) is 0 Å². The van der Waals surface area contributed by atoms with Gasteiger partial charge in [0.15, 0.2) is 12.6 Å². The Morgan fingerprint density at radius 2 is 0.739 bits per heavy atom. The van der Waals surface area contributed by atoms with Crippen LogP contribution >= 0.6 is 34.2 Å². The van der Waals surface area contributed by atoms with Crippen molar-refractivity contribution in [3.8, 4) is 5.75 Å². The summed E-state index contributed by atoms with van der Waals surface area (Å²) in [5.74, 6) is 0.702. The summed E-state index contributed by atoms with van der Waals surface area (Å²) in [5.41, 5.74) is 5.38. The second-order valence-corrected chi connectivity index (χ2v) is 18.5. The summed E-state index contributed by atoms with van der Waals surface area (Å²) in [6, 6.07) is 52.3. The highest BCUT2D eigenvalue weighted by Gasteiger charge is 2.54. The van der Waals surface area contributed by atoms with Gasteiger partial charge in [-0.3, -0.25) is 0 Å². The van der Waals surface area contributed by atoms with E-state index >= 15 is 0 Å². The molecule has 0 radical (unpaired) electrons. The fraction of sp³-hybridized carbons (Fsp3) is 0.345. The maximum Gasteiger partial charge on any atom is 0.190 e. The van der Waals surface area contributed by atoms with Crippen molar-refractivity contribution in [2.24, 2.45) is 0 Å². The van der Waals surface area contributed by atoms with Crippen LogP contribution in [0.1, 0.15) is 33.4 Å². The van der Waals surface area contributed by atoms with Gasteiger partial charge in [-0.2, -0.15) is 0 Å². The fourth-order valence-corrected chi connectivity index (χ4v) is 8.78. The molecular formula is C55H58ClIO12. The molecule has 6 aromatic carbocycles. The Morgan fingerprint density at radius 1 is 0.420 bits per heavy atom. The number of benzene rings is 6. The van der Waals surface area contributed by atoms with E-state index in [1.54, 1.807) is 19.2 Å². The van der Waals surface area contributed by atoms with Gasteiger partial charge < -0.3 is 57.6 Å². The van der Waals surface area contributed by atoms with Crippen molar-refractivity contribution in [1.82, 2.24) is 0 Å². The van der Waals surface area contributed by atoms with E-state index in [1.165, 1.54) is 0 Å². The molecule has 12 nitrogen and oxygen atoms in total. The predicted molar refractivity (Wildman–Crippen MR) is 267 cm³/mol. The van der Waals surface area contributed by atoms with Gasteiger partial charge in [-0.05, 0) is 92.4 Å². The maximum absolute atomic E-state index is 11.1. The van der Waals surface area contributed by atoms with Gasteiger partial charge in [-0.1, -0.05) is 139 Å². The number of rotatable bonds is 23. The van der Waals surface area contributed by atoms with Crippen LogP contribution < -0.4 is 4.74 Å². The largest absolute Gasteiger partial charge is 0.497 e. The first kappa shape index (κ1) is 51.1. The van der Waals surface area contributed by atoms with Crippen molar-refractivity contribution in [2.75, 3.05) is 20.3 Å². The summed E-state index contributed by atoms with van der Waals surface area (Å²) in [7, 11) is 1.62. The van der Waals surface area contributed by atoms with Gasteiger partial charge >= 0.3 is 0 Å². The second-order valence-electron chi connectivity index (χ2n) is 16.8. The lowest BCUT2D eigenvalue weighted by Gasteiger charge is -2.49. The zero-order valence-electron chi connectivity index (χ0n) is 38.3. The first-order valence-electron chi connectivity index (χ1n) is 23.0. The summed E-state index contributed by atoms with van der Waals surface area (Å²) in [4.78, 5) is 0. The SMILES string of the molecule is COc1ccc(CO[C@H]2[C@@H](O[C@H]3O[C@H](CO)[C@@H](OCc4ccccc4)[C@H](OCc4ccc(Cl)cc4)[C@H]3OCc3ccc(I)cc3)O[C@H](CO)[C@@H](OCc3ccccc3)[C@@H]2OCc2ccccc2)cc1. The van der Waals surface area contributed by atoms with E-state index < -0.39 is 74.6 Å². The molecule has 364 valence electrons. The van der Waals surface area contributed by atoms with E-state index in [2.05, 4.69) is 22.6 Å². The van der Waals surface area contributed by atoms with Crippen LogP contribution in [0, 0.1) is 3.57 Å². The molecule has 0 amide bonds. The van der Waals surface area contributed by atoms with Crippen LogP contribution in [0.3, 0.4) is 0 Å².